The lowest BCUT2D eigenvalue weighted by Gasteiger charge is -2.23. The summed E-state index contributed by atoms with van der Waals surface area (Å²) in [5.74, 6) is 0.841. The number of fused-ring (bicyclic) bond motifs is 1. The predicted octanol–water partition coefficient (Wildman–Crippen LogP) is 2.26. The van der Waals surface area contributed by atoms with Crippen LogP contribution in [0.15, 0.2) is 42.5 Å². The van der Waals surface area contributed by atoms with Gasteiger partial charge in [-0.2, -0.15) is 0 Å². The number of sulfonamides is 1. The van der Waals surface area contributed by atoms with E-state index in [1.54, 1.807) is 49.6 Å². The number of hydrogen-bond acceptors (Lipinski definition) is 6. The normalized spacial score (nSPS) is 23.8. The number of benzene rings is 2. The van der Waals surface area contributed by atoms with Gasteiger partial charge < -0.3 is 19.5 Å². The van der Waals surface area contributed by atoms with Crippen molar-refractivity contribution >= 4 is 27.3 Å². The zero-order chi connectivity index (χ0) is 20.8. The summed E-state index contributed by atoms with van der Waals surface area (Å²) in [6.07, 6.45) is 0.321. The zero-order valence-electron chi connectivity index (χ0n) is 16.3. The Bertz CT molecular complexity index is 1050. The van der Waals surface area contributed by atoms with Gasteiger partial charge in [-0.05, 0) is 42.8 Å². The molecule has 2 aromatic rings. The van der Waals surface area contributed by atoms with E-state index < -0.39 is 20.7 Å². The van der Waals surface area contributed by atoms with E-state index in [9.17, 15) is 13.2 Å². The van der Waals surface area contributed by atoms with E-state index in [0.29, 0.717) is 35.0 Å². The van der Waals surface area contributed by atoms with Crippen molar-refractivity contribution in [3.63, 3.8) is 0 Å². The van der Waals surface area contributed by atoms with E-state index in [4.69, 9.17) is 14.2 Å². The number of methoxy groups -OCH3 is 3. The number of rotatable bonds is 6. The summed E-state index contributed by atoms with van der Waals surface area (Å²) in [4.78, 5) is 13.0. The summed E-state index contributed by atoms with van der Waals surface area (Å²) in [5, 5.41) is 2.74. The second-order valence-electron chi connectivity index (χ2n) is 7.05. The molecule has 0 unspecified atom stereocenters. The highest BCUT2D eigenvalue weighted by Gasteiger charge is 2.75. The number of carbonyl (C=O) groups is 1. The molecule has 4 rings (SSSR count). The minimum atomic E-state index is -3.85. The molecule has 1 saturated carbocycles. The van der Waals surface area contributed by atoms with Crippen molar-refractivity contribution in [2.75, 3.05) is 37.5 Å². The summed E-state index contributed by atoms with van der Waals surface area (Å²) in [5.41, 5.74) is 0.974. The zero-order valence-corrected chi connectivity index (χ0v) is 17.2. The molecule has 1 N–H and O–H groups in total. The fourth-order valence-corrected chi connectivity index (χ4v) is 6.23. The Kier molecular flexibility index (Phi) is 4.57. The summed E-state index contributed by atoms with van der Waals surface area (Å²) in [6.45, 7) is 0.286. The Morgan fingerprint density at radius 3 is 2.34 bits per heavy atom. The van der Waals surface area contributed by atoms with Gasteiger partial charge in [-0.25, -0.2) is 8.42 Å². The number of carbonyl (C=O) groups excluding carboxylic acids is 1. The van der Waals surface area contributed by atoms with Gasteiger partial charge >= 0.3 is 0 Å². The van der Waals surface area contributed by atoms with Gasteiger partial charge in [0.2, 0.25) is 15.9 Å². The van der Waals surface area contributed by atoms with E-state index in [1.807, 2.05) is 0 Å². The summed E-state index contributed by atoms with van der Waals surface area (Å²) >= 11 is 0. The van der Waals surface area contributed by atoms with Crippen LogP contribution in [0.5, 0.6) is 17.2 Å². The van der Waals surface area contributed by atoms with Crippen molar-refractivity contribution in [1.82, 2.24) is 0 Å². The Morgan fingerprint density at radius 1 is 1.03 bits per heavy atom. The molecule has 154 valence electrons. The van der Waals surface area contributed by atoms with Crippen LogP contribution >= 0.6 is 0 Å². The standard InChI is InChI=1S/C20H22N2O6S/c1-26-16-7-5-15(6-8-16)22-12-13-11-20(13,29(22,24)25)19(23)21-14-4-9-17(27-2)18(10-14)28-3/h4-10,13H,11-12H2,1-3H3,(H,21,23)/t13-,20+/m1/s1. The molecular formula is C20H22N2O6S. The SMILES string of the molecule is COc1ccc(N2C[C@H]3C[C@]3(C(=O)Nc3ccc(OC)c(OC)c3)S2(=O)=O)cc1. The molecule has 1 heterocycles. The Morgan fingerprint density at radius 2 is 1.72 bits per heavy atom. The number of nitrogens with one attached hydrogen (secondary N) is 1. The third-order valence-corrected chi connectivity index (χ3v) is 8.12. The van der Waals surface area contributed by atoms with Crippen LogP contribution in [-0.2, 0) is 14.8 Å². The second-order valence-corrected chi connectivity index (χ2v) is 9.17. The number of amides is 1. The molecule has 1 aliphatic carbocycles. The number of hydrogen-bond donors (Lipinski definition) is 1. The molecule has 0 radical (unpaired) electrons. The average Bonchev–Trinajstić information content (AvgIpc) is 3.43. The maximum Gasteiger partial charge on any atom is 0.250 e. The molecule has 0 aromatic heterocycles. The Hall–Kier alpha value is -2.94. The van der Waals surface area contributed by atoms with Crippen LogP contribution in [0.3, 0.4) is 0 Å². The van der Waals surface area contributed by atoms with Crippen molar-refractivity contribution in [2.45, 2.75) is 11.2 Å². The first-order valence-electron chi connectivity index (χ1n) is 9.07. The van der Waals surface area contributed by atoms with Gasteiger partial charge in [0.25, 0.3) is 0 Å². The molecule has 0 bridgehead atoms. The van der Waals surface area contributed by atoms with Crippen LogP contribution in [0.25, 0.3) is 0 Å². The lowest BCUT2D eigenvalue weighted by Crippen LogP contribution is -2.42. The molecule has 1 saturated heterocycles. The quantitative estimate of drug-likeness (QED) is 0.773. The van der Waals surface area contributed by atoms with Crippen molar-refractivity contribution in [3.05, 3.63) is 42.5 Å². The molecule has 8 nitrogen and oxygen atoms in total. The predicted molar refractivity (Wildman–Crippen MR) is 108 cm³/mol. The van der Waals surface area contributed by atoms with E-state index in [0.717, 1.165) is 0 Å². The maximum atomic E-state index is 13.3. The molecular weight excluding hydrogens is 396 g/mol. The fraction of sp³-hybridized carbons (Fsp3) is 0.350. The van der Waals surface area contributed by atoms with Gasteiger partial charge in [0, 0.05) is 24.2 Å². The van der Waals surface area contributed by atoms with Crippen LogP contribution in [0.2, 0.25) is 0 Å². The van der Waals surface area contributed by atoms with Gasteiger partial charge in [-0.15, -0.1) is 0 Å². The van der Waals surface area contributed by atoms with Gasteiger partial charge in [-0.3, -0.25) is 9.10 Å². The van der Waals surface area contributed by atoms with Crippen molar-refractivity contribution in [2.24, 2.45) is 5.92 Å². The van der Waals surface area contributed by atoms with E-state index in [2.05, 4.69) is 5.32 Å². The van der Waals surface area contributed by atoms with E-state index in [-0.39, 0.29) is 12.5 Å². The van der Waals surface area contributed by atoms with Crippen molar-refractivity contribution < 1.29 is 27.4 Å². The van der Waals surface area contributed by atoms with Crippen LogP contribution in [-0.4, -0.2) is 46.9 Å². The molecule has 2 aliphatic rings. The minimum Gasteiger partial charge on any atom is -0.497 e. The van der Waals surface area contributed by atoms with Crippen LogP contribution < -0.4 is 23.8 Å². The third-order valence-electron chi connectivity index (χ3n) is 5.57. The first kappa shape index (κ1) is 19.4. The van der Waals surface area contributed by atoms with Crippen LogP contribution in [0.4, 0.5) is 11.4 Å². The van der Waals surface area contributed by atoms with Crippen LogP contribution in [0.1, 0.15) is 6.42 Å². The molecule has 9 heteroatoms. The first-order chi connectivity index (χ1) is 13.9. The number of ether oxygens (including phenoxy) is 3. The van der Waals surface area contributed by atoms with Gasteiger partial charge in [0.15, 0.2) is 16.2 Å². The second kappa shape index (κ2) is 6.84. The van der Waals surface area contributed by atoms with Gasteiger partial charge in [-0.1, -0.05) is 0 Å². The number of anilines is 2. The van der Waals surface area contributed by atoms with Crippen molar-refractivity contribution in [3.8, 4) is 17.2 Å². The monoisotopic (exact) mass is 418 g/mol. The fourth-order valence-electron chi connectivity index (χ4n) is 3.87. The average molecular weight is 418 g/mol. The largest absolute Gasteiger partial charge is 0.497 e. The first-order valence-corrected chi connectivity index (χ1v) is 10.5. The highest BCUT2D eigenvalue weighted by molar-refractivity contribution is 7.95. The Balaban J connectivity index is 1.58. The topological polar surface area (TPSA) is 94.2 Å². The third kappa shape index (κ3) is 2.88. The van der Waals surface area contributed by atoms with E-state index in [1.165, 1.54) is 18.5 Å². The molecule has 1 aliphatic heterocycles. The molecule has 1 amide bonds. The summed E-state index contributed by atoms with van der Waals surface area (Å²) < 4.78 is 41.9. The summed E-state index contributed by atoms with van der Waals surface area (Å²) in [6, 6.07) is 11.7. The lowest BCUT2D eigenvalue weighted by molar-refractivity contribution is -0.116. The van der Waals surface area contributed by atoms with Gasteiger partial charge in [0.1, 0.15) is 5.75 Å². The Labute approximate surface area is 169 Å². The van der Waals surface area contributed by atoms with E-state index >= 15 is 0 Å². The van der Waals surface area contributed by atoms with Crippen molar-refractivity contribution in [1.29, 1.82) is 0 Å². The molecule has 0 spiro atoms. The number of nitrogens with zero attached hydrogens (tertiary/aromatic N) is 1. The summed E-state index contributed by atoms with van der Waals surface area (Å²) in [7, 11) is 0.707. The maximum absolute atomic E-state index is 13.3. The van der Waals surface area contributed by atoms with Crippen LogP contribution in [0, 0.1) is 5.92 Å². The lowest BCUT2D eigenvalue weighted by atomic mass is 10.2. The molecule has 2 aromatic carbocycles. The highest BCUT2D eigenvalue weighted by atomic mass is 32.2. The molecule has 2 atom stereocenters. The molecule has 29 heavy (non-hydrogen) atoms. The smallest absolute Gasteiger partial charge is 0.250 e. The minimum absolute atomic E-state index is 0.241. The molecule has 2 fully saturated rings. The highest BCUT2D eigenvalue weighted by Crippen LogP contribution is 2.58. The van der Waals surface area contributed by atoms with Gasteiger partial charge in [0.05, 0.1) is 27.0 Å².